The Morgan fingerprint density at radius 1 is 0.865 bits per heavy atom. The Labute approximate surface area is 219 Å². The molecule has 1 aliphatic heterocycles. The Morgan fingerprint density at radius 3 is 2.03 bits per heavy atom. The summed E-state index contributed by atoms with van der Waals surface area (Å²) in [5, 5.41) is 32.4. The van der Waals surface area contributed by atoms with Crippen molar-refractivity contribution in [2.45, 2.75) is 139 Å². The number of hydrogen-bond acceptors (Lipinski definition) is 7. The molecular weight excluding hydrogens is 503 g/mol. The lowest BCUT2D eigenvalue weighted by Gasteiger charge is -2.46. The minimum Gasteiger partial charge on any atom is -0.393 e. The van der Waals surface area contributed by atoms with Crippen molar-refractivity contribution in [3.63, 3.8) is 0 Å². The van der Waals surface area contributed by atoms with Crippen LogP contribution >= 0.6 is 7.82 Å². The fraction of sp³-hybridized carbons (Fsp3) is 0.960. The zero-order chi connectivity index (χ0) is 27.1. The van der Waals surface area contributed by atoms with E-state index in [-0.39, 0.29) is 5.92 Å². The van der Waals surface area contributed by atoms with E-state index in [1.165, 1.54) is 37.0 Å². The lowest BCUT2D eigenvalue weighted by molar-refractivity contribution is -0.117. The second kappa shape index (κ2) is 14.0. The van der Waals surface area contributed by atoms with E-state index in [2.05, 4.69) is 4.52 Å². The maximum Gasteiger partial charge on any atom is 0.469 e. The number of carbonyl (C=O) groups excluding carboxylic acids is 1. The van der Waals surface area contributed by atoms with Gasteiger partial charge in [-0.15, -0.1) is 0 Å². The highest BCUT2D eigenvalue weighted by atomic mass is 31.2. The van der Waals surface area contributed by atoms with Gasteiger partial charge in [0.2, 0.25) is 0 Å². The van der Waals surface area contributed by atoms with Crippen molar-refractivity contribution in [1.29, 1.82) is 0 Å². The van der Waals surface area contributed by atoms with Gasteiger partial charge in [-0.3, -0.25) is 9.42 Å². The molecule has 7 N–H and O–H groups in total. The van der Waals surface area contributed by atoms with Crippen LogP contribution in [-0.2, 0) is 13.8 Å². The largest absolute Gasteiger partial charge is 0.469 e. The smallest absolute Gasteiger partial charge is 0.393 e. The molecule has 0 radical (unpaired) electrons. The molecule has 0 aromatic rings. The zero-order valence-electron chi connectivity index (χ0n) is 21.8. The van der Waals surface area contributed by atoms with Crippen LogP contribution in [0.2, 0.25) is 0 Å². The molecule has 7 atom stereocenters. The molecule has 1 saturated heterocycles. The number of carbonyl (C=O) groups is 1. The molecule has 0 aromatic heterocycles. The van der Waals surface area contributed by atoms with Gasteiger partial charge in [-0.25, -0.2) is 9.36 Å². The molecular formula is C25H47N2O9P. The van der Waals surface area contributed by atoms with Crippen LogP contribution in [0.5, 0.6) is 0 Å². The molecule has 2 amide bonds. The summed E-state index contributed by atoms with van der Waals surface area (Å²) in [7, 11) is -4.82. The number of hydrogen-bond donors (Lipinski definition) is 6. The Morgan fingerprint density at radius 2 is 1.43 bits per heavy atom. The second-order valence-corrected chi connectivity index (χ2v) is 12.5. The first-order valence-electron chi connectivity index (χ1n) is 14.0. The predicted octanol–water partition coefficient (Wildman–Crippen LogP) is 2.91. The fourth-order valence-corrected chi connectivity index (χ4v) is 6.87. The van der Waals surface area contributed by atoms with Crippen molar-refractivity contribution >= 4 is 13.9 Å². The standard InChI is InChI=1S/C25H47N2O9P/c26-24(31)27(23-22(30)21(29)20(36-23)17-35-37(32,33)34)25-14-10-8-6-4-2-1-3-5-7-9-11-18(12-15-25)19(28)13-16-25/h18-23,28-30H,1-17H2,(H2,26,31)(H2,32,33,34). The summed E-state index contributed by atoms with van der Waals surface area (Å²) in [6.45, 7) is -0.653. The summed E-state index contributed by atoms with van der Waals surface area (Å²) in [5.41, 5.74) is 5.13. The maximum atomic E-state index is 13.0. The average molecular weight is 551 g/mol. The first kappa shape index (κ1) is 30.8. The van der Waals surface area contributed by atoms with E-state index < -0.39 is 56.6 Å². The van der Waals surface area contributed by atoms with E-state index in [1.54, 1.807) is 0 Å². The van der Waals surface area contributed by atoms with Crippen LogP contribution in [0.1, 0.15) is 103 Å². The number of phosphoric acid groups is 1. The van der Waals surface area contributed by atoms with Crippen LogP contribution in [0.3, 0.4) is 0 Å². The highest BCUT2D eigenvalue weighted by Crippen LogP contribution is 2.44. The first-order chi connectivity index (χ1) is 17.5. The topological polar surface area (TPSA) is 183 Å². The lowest BCUT2D eigenvalue weighted by atomic mass is 9.81. The van der Waals surface area contributed by atoms with Crippen molar-refractivity contribution in [1.82, 2.24) is 4.90 Å². The van der Waals surface area contributed by atoms with E-state index >= 15 is 0 Å². The van der Waals surface area contributed by atoms with E-state index in [1.807, 2.05) is 0 Å². The summed E-state index contributed by atoms with van der Waals surface area (Å²) in [4.78, 5) is 32.4. The van der Waals surface area contributed by atoms with Gasteiger partial charge in [-0.1, -0.05) is 64.2 Å². The number of fused-ring (bicyclic) bond motifs is 3. The molecule has 11 nitrogen and oxygen atoms in total. The minimum absolute atomic E-state index is 0.119. The number of amides is 2. The fourth-order valence-electron chi connectivity index (χ4n) is 6.53. The quantitative estimate of drug-likeness (QED) is 0.280. The zero-order valence-corrected chi connectivity index (χ0v) is 22.7. The average Bonchev–Trinajstić information content (AvgIpc) is 3.00. The molecule has 3 aliphatic rings. The van der Waals surface area contributed by atoms with Gasteiger partial charge in [0, 0.05) is 5.54 Å². The first-order valence-corrected chi connectivity index (χ1v) is 15.6. The van der Waals surface area contributed by atoms with Gasteiger partial charge in [0.1, 0.15) is 18.3 Å². The van der Waals surface area contributed by atoms with Gasteiger partial charge in [-0.05, 0) is 44.4 Å². The van der Waals surface area contributed by atoms with Gasteiger partial charge in [0.05, 0.1) is 12.7 Å². The Kier molecular flexibility index (Phi) is 11.7. The molecule has 0 aromatic carbocycles. The van der Waals surface area contributed by atoms with Crippen LogP contribution < -0.4 is 5.73 Å². The number of urea groups is 1. The van der Waals surface area contributed by atoms with E-state index in [4.69, 9.17) is 20.3 Å². The molecule has 12 heteroatoms. The van der Waals surface area contributed by atoms with Crippen LogP contribution in [-0.4, -0.2) is 78.8 Å². The van der Waals surface area contributed by atoms with Gasteiger partial charge < -0.3 is 35.6 Å². The van der Waals surface area contributed by atoms with Gasteiger partial charge in [0.15, 0.2) is 6.23 Å². The number of phosphoric ester groups is 1. The number of primary amides is 1. The summed E-state index contributed by atoms with van der Waals surface area (Å²) >= 11 is 0. The van der Waals surface area contributed by atoms with Gasteiger partial charge >= 0.3 is 13.9 Å². The number of ether oxygens (including phenoxy) is 1. The van der Waals surface area contributed by atoms with Crippen LogP contribution in [0.4, 0.5) is 4.79 Å². The summed E-state index contributed by atoms with van der Waals surface area (Å²) in [5.74, 6) is 0.119. The molecule has 2 bridgehead atoms. The molecule has 0 spiro atoms. The highest BCUT2D eigenvalue weighted by Gasteiger charge is 2.53. The maximum absolute atomic E-state index is 13.0. The van der Waals surface area contributed by atoms with Crippen LogP contribution in [0, 0.1) is 5.92 Å². The molecule has 2 saturated carbocycles. The molecule has 1 heterocycles. The Hall–Kier alpha value is -0.780. The molecule has 216 valence electrons. The van der Waals surface area contributed by atoms with Crippen molar-refractivity contribution in [2.75, 3.05) is 6.61 Å². The number of aliphatic hydroxyl groups excluding tert-OH is 3. The lowest BCUT2D eigenvalue weighted by Crippen LogP contribution is -2.61. The summed E-state index contributed by atoms with van der Waals surface area (Å²) in [6.07, 6.45) is 9.02. The van der Waals surface area contributed by atoms with Crippen LogP contribution in [0.25, 0.3) is 0 Å². The minimum atomic E-state index is -4.82. The van der Waals surface area contributed by atoms with Crippen molar-refractivity contribution in [3.05, 3.63) is 0 Å². The molecule has 37 heavy (non-hydrogen) atoms. The number of rotatable bonds is 5. The summed E-state index contributed by atoms with van der Waals surface area (Å²) in [6, 6.07) is -0.796. The van der Waals surface area contributed by atoms with E-state index in [9.17, 15) is 24.7 Å². The van der Waals surface area contributed by atoms with Crippen molar-refractivity contribution in [3.8, 4) is 0 Å². The Bertz CT molecular complexity index is 768. The van der Waals surface area contributed by atoms with Crippen LogP contribution in [0.15, 0.2) is 0 Å². The molecule has 2 aliphatic carbocycles. The third kappa shape index (κ3) is 8.60. The predicted molar refractivity (Wildman–Crippen MR) is 136 cm³/mol. The normalized spacial score (nSPS) is 37.2. The number of aliphatic hydroxyl groups is 3. The second-order valence-electron chi connectivity index (χ2n) is 11.2. The monoisotopic (exact) mass is 550 g/mol. The van der Waals surface area contributed by atoms with Gasteiger partial charge in [0.25, 0.3) is 0 Å². The van der Waals surface area contributed by atoms with E-state index in [0.29, 0.717) is 32.1 Å². The SMILES string of the molecule is NC(=O)N(C1OC(COP(=O)(O)O)C(O)C1O)C12CCCCCCCCCCCCC(CC1)C(O)CC2. The third-order valence-electron chi connectivity index (χ3n) is 8.64. The molecule has 3 rings (SSSR count). The van der Waals surface area contributed by atoms with Gasteiger partial charge in [-0.2, -0.15) is 0 Å². The van der Waals surface area contributed by atoms with Crippen molar-refractivity contribution in [2.24, 2.45) is 11.7 Å². The third-order valence-corrected chi connectivity index (χ3v) is 9.13. The van der Waals surface area contributed by atoms with E-state index in [0.717, 1.165) is 38.5 Å². The summed E-state index contributed by atoms with van der Waals surface area (Å²) < 4.78 is 21.5. The number of nitrogens with zero attached hydrogens (tertiary/aromatic N) is 1. The highest BCUT2D eigenvalue weighted by molar-refractivity contribution is 7.46. The molecule has 7 unspecified atom stereocenters. The Balaban J connectivity index is 1.84. The number of nitrogens with two attached hydrogens (primary N) is 1. The van der Waals surface area contributed by atoms with Crippen molar-refractivity contribution < 1.29 is 43.7 Å². The molecule has 3 fully saturated rings.